The van der Waals surface area contributed by atoms with Crippen molar-refractivity contribution in [2.24, 2.45) is 0 Å². The van der Waals surface area contributed by atoms with Crippen molar-refractivity contribution in [3.05, 3.63) is 382 Å². The van der Waals surface area contributed by atoms with Crippen LogP contribution in [0, 0.1) is 0 Å². The molecule has 0 aliphatic rings. The van der Waals surface area contributed by atoms with Crippen LogP contribution in [0.15, 0.2) is 282 Å². The third-order valence-electron chi connectivity index (χ3n) is 18.0. The molecule has 0 saturated carbocycles. The summed E-state index contributed by atoms with van der Waals surface area (Å²) in [5.41, 5.74) is 25.3. The monoisotopic (exact) mass is 1400 g/mol. The van der Waals surface area contributed by atoms with E-state index in [4.69, 9.17) is 44.9 Å². The molecule has 0 saturated heterocycles. The van der Waals surface area contributed by atoms with E-state index < -0.39 is 0 Å². The predicted octanol–water partition coefficient (Wildman–Crippen LogP) is 26.2. The van der Waals surface area contributed by atoms with E-state index in [-0.39, 0.29) is 0 Å². The third kappa shape index (κ3) is 16.8. The lowest BCUT2D eigenvalue weighted by Gasteiger charge is -2.12. The van der Waals surface area contributed by atoms with Gasteiger partial charge in [-0.25, -0.2) is 44.9 Å². The minimum Gasteiger partial charge on any atom is -0.208 e. The molecule has 9 nitrogen and oxygen atoms in total. The van der Waals surface area contributed by atoms with Crippen LogP contribution in [0.1, 0.15) is 100 Å². The van der Waals surface area contributed by atoms with Crippen LogP contribution in [0.2, 0.25) is 0 Å². The van der Waals surface area contributed by atoms with E-state index in [1.165, 1.54) is 0 Å². The molecule has 0 atom stereocenters. The van der Waals surface area contributed by atoms with Crippen molar-refractivity contribution in [1.82, 2.24) is 44.9 Å². The molecule has 0 aliphatic carbocycles. The molecule has 0 radical (unpaired) electrons. The van der Waals surface area contributed by atoms with Crippen LogP contribution in [-0.4, -0.2) is 44.9 Å². The van der Waals surface area contributed by atoms with E-state index in [0.29, 0.717) is 52.4 Å². The van der Waals surface area contributed by atoms with Gasteiger partial charge in [0.2, 0.25) is 0 Å². The first-order chi connectivity index (χ1) is 52.6. The van der Waals surface area contributed by atoms with Gasteiger partial charge in [-0.15, -0.1) is 0 Å². The molecule has 0 spiro atoms. The highest BCUT2D eigenvalue weighted by molar-refractivity contribution is 5.82. The van der Waals surface area contributed by atoms with E-state index in [2.05, 4.69) is 118 Å². The summed E-state index contributed by atoms with van der Waals surface area (Å²) in [5, 5.41) is 0. The van der Waals surface area contributed by atoms with E-state index in [9.17, 15) is 0 Å². The summed E-state index contributed by atoms with van der Waals surface area (Å²) in [6.07, 6.45) is 32.5. The Bertz CT molecular complexity index is 4580. The van der Waals surface area contributed by atoms with Gasteiger partial charge in [0.25, 0.3) is 0 Å². The van der Waals surface area contributed by atoms with Crippen LogP contribution >= 0.6 is 0 Å². The highest BCUT2D eigenvalue weighted by atomic mass is 15.1. The normalized spacial score (nSPS) is 10.3. The van der Waals surface area contributed by atoms with Crippen molar-refractivity contribution in [1.29, 1.82) is 0 Å². The summed E-state index contributed by atoms with van der Waals surface area (Å²) in [6.45, 7) is 70.5. The molecule has 3 heterocycles. The quantitative estimate of drug-likeness (QED) is 0.0496. The molecule has 9 heteroatoms. The Hall–Kier alpha value is -14.7. The minimum absolute atomic E-state index is 0.564. The van der Waals surface area contributed by atoms with Gasteiger partial charge in [0.15, 0.2) is 52.4 Å². The summed E-state index contributed by atoms with van der Waals surface area (Å²) in [7, 11) is 0. The number of nitrogens with zero attached hydrogens (tertiary/aromatic N) is 9. The fourth-order valence-corrected chi connectivity index (χ4v) is 12.0. The molecule has 0 bridgehead atoms. The summed E-state index contributed by atoms with van der Waals surface area (Å²) >= 11 is 0. The maximum atomic E-state index is 4.86. The summed E-state index contributed by atoms with van der Waals surface area (Å²) < 4.78 is 0. The molecule has 12 aromatic rings. The number of hydrogen-bond donors (Lipinski definition) is 0. The summed E-state index contributed by atoms with van der Waals surface area (Å²) in [4.78, 5) is 43.7. The molecule has 522 valence electrons. The molecule has 108 heavy (non-hydrogen) atoms. The van der Waals surface area contributed by atoms with Crippen LogP contribution < -0.4 is 0 Å². The Balaban J connectivity index is 0.000000173. The Kier molecular flexibility index (Phi) is 25.0. The van der Waals surface area contributed by atoms with E-state index in [0.717, 1.165) is 150 Å². The van der Waals surface area contributed by atoms with Gasteiger partial charge in [-0.2, -0.15) is 0 Å². The average Bonchev–Trinajstić information content (AvgIpc) is 0.795. The molecular weight excluding hydrogens is 1320 g/mol. The first kappa shape index (κ1) is 76.0. The van der Waals surface area contributed by atoms with Gasteiger partial charge in [-0.1, -0.05) is 337 Å². The lowest BCUT2D eigenvalue weighted by molar-refractivity contribution is 1.07. The zero-order valence-corrected chi connectivity index (χ0v) is 60.7. The third-order valence-corrected chi connectivity index (χ3v) is 18.0. The Morgan fingerprint density at radius 1 is 0.120 bits per heavy atom. The van der Waals surface area contributed by atoms with Gasteiger partial charge in [-0.3, -0.25) is 0 Å². The number of aromatic nitrogens is 9. The highest BCUT2D eigenvalue weighted by Crippen LogP contribution is 2.35. The lowest BCUT2D eigenvalue weighted by Crippen LogP contribution is -2.01. The molecule has 0 aliphatic heterocycles. The standard InChI is InChI=1S/3C33H27N3/c3*1-7-22-13-16-28(19-25(22)10-4)31-34-32(29-17-14-23(8-2)26(11-5)20-29)36-33(35-31)30-18-15-24(9-3)27(12-6)21-30/h3*7-21H,1-6H2. The maximum absolute atomic E-state index is 4.86. The van der Waals surface area contributed by atoms with Crippen molar-refractivity contribution < 1.29 is 0 Å². The first-order valence-electron chi connectivity index (χ1n) is 34.5. The van der Waals surface area contributed by atoms with Crippen LogP contribution in [-0.2, 0) is 0 Å². The number of rotatable bonds is 27. The minimum atomic E-state index is 0.564. The van der Waals surface area contributed by atoms with Gasteiger partial charge >= 0.3 is 0 Å². The maximum Gasteiger partial charge on any atom is 0.164 e. The number of hydrogen-bond acceptors (Lipinski definition) is 9. The Morgan fingerprint density at radius 2 is 0.204 bits per heavy atom. The van der Waals surface area contributed by atoms with Gasteiger partial charge in [-0.05, 0) is 155 Å². The van der Waals surface area contributed by atoms with Gasteiger partial charge < -0.3 is 0 Å². The van der Waals surface area contributed by atoms with Crippen LogP contribution in [0.4, 0.5) is 0 Å². The largest absolute Gasteiger partial charge is 0.208 e. The van der Waals surface area contributed by atoms with Gasteiger partial charge in [0.1, 0.15) is 0 Å². The molecule has 12 rings (SSSR count). The van der Waals surface area contributed by atoms with Crippen molar-refractivity contribution in [3.8, 4) is 102 Å². The second-order valence-electron chi connectivity index (χ2n) is 24.2. The first-order valence-corrected chi connectivity index (χ1v) is 34.5. The Morgan fingerprint density at radius 3 is 0.278 bits per heavy atom. The molecule has 0 fully saturated rings. The second-order valence-corrected chi connectivity index (χ2v) is 24.2. The van der Waals surface area contributed by atoms with Gasteiger partial charge in [0.05, 0.1) is 0 Å². The van der Waals surface area contributed by atoms with Crippen LogP contribution in [0.25, 0.3) is 212 Å². The van der Waals surface area contributed by atoms with Crippen molar-refractivity contribution in [2.75, 3.05) is 0 Å². The smallest absolute Gasteiger partial charge is 0.164 e. The molecule has 0 amide bonds. The van der Waals surface area contributed by atoms with Crippen LogP contribution in [0.3, 0.4) is 0 Å². The molecule has 3 aromatic heterocycles. The van der Waals surface area contributed by atoms with Crippen molar-refractivity contribution in [3.63, 3.8) is 0 Å². The van der Waals surface area contributed by atoms with Crippen LogP contribution in [0.5, 0.6) is 0 Å². The van der Waals surface area contributed by atoms with Crippen molar-refractivity contribution in [2.45, 2.75) is 0 Å². The fourth-order valence-electron chi connectivity index (χ4n) is 12.0. The zero-order chi connectivity index (χ0) is 77.0. The fraction of sp³-hybridized carbons (Fsp3) is 0. The molecule has 0 N–H and O–H groups in total. The lowest BCUT2D eigenvalue weighted by atomic mass is 10.0. The highest BCUT2D eigenvalue weighted by Gasteiger charge is 2.20. The summed E-state index contributed by atoms with van der Waals surface area (Å²) in [6, 6.07) is 53.9. The van der Waals surface area contributed by atoms with E-state index in [1.54, 1.807) is 109 Å². The SMILES string of the molecule is C=Cc1ccc(-c2nc(-c3ccc(C=C)c(C=C)c3)nc(-c3ccc(C=C)c(C=C)c3)n2)cc1C=C.C=Cc1ccc(-c2nc(-c3ccc(C=C)c(C=C)c3)nc(-c3ccc(C=C)c(C=C)c3)n2)cc1C=C.C=Cc1ccc(-c2nc(-c3ccc(C=C)c(C=C)c3)nc(-c3ccc(C=C)c(C=C)c3)n2)cc1C=C. The van der Waals surface area contributed by atoms with Gasteiger partial charge in [0, 0.05) is 50.1 Å². The summed E-state index contributed by atoms with van der Waals surface area (Å²) in [5.74, 6) is 5.08. The topological polar surface area (TPSA) is 116 Å². The average molecular weight is 1400 g/mol. The van der Waals surface area contributed by atoms with E-state index in [1.807, 2.05) is 164 Å². The predicted molar refractivity (Wildman–Crippen MR) is 470 cm³/mol. The second kappa shape index (κ2) is 35.5. The molecule has 9 aromatic carbocycles. The Labute approximate surface area is 635 Å². The zero-order valence-electron chi connectivity index (χ0n) is 60.7. The van der Waals surface area contributed by atoms with E-state index >= 15 is 0 Å². The molecular formula is C99H81N9. The van der Waals surface area contributed by atoms with Crippen molar-refractivity contribution >= 4 is 109 Å². The number of benzene rings is 9. The molecule has 0 unspecified atom stereocenters.